The standard InChI is InChI=1S/C22H22FN3O4S.ClH/c23-16-3-1-4-19-20(16)24-22(31-19)26(8-2-7-25-9-11-28-12-10-25)21(27)15-5-6-17-18(13-15)30-14-29-17;/h1,3-6,13H,2,7-12,14H2;1H. The average Bonchev–Trinajstić information content (AvgIpc) is 3.44. The summed E-state index contributed by atoms with van der Waals surface area (Å²) in [6.07, 6.45) is 0.773. The highest BCUT2D eigenvalue weighted by Gasteiger charge is 2.24. The third-order valence-electron chi connectivity index (χ3n) is 5.41. The second kappa shape index (κ2) is 9.99. The number of carbonyl (C=O) groups excluding carboxylic acids is 1. The molecule has 5 rings (SSSR count). The maximum atomic E-state index is 14.2. The molecule has 7 nitrogen and oxygen atoms in total. The lowest BCUT2D eigenvalue weighted by Gasteiger charge is -2.27. The Bertz CT molecular complexity index is 1110. The molecule has 0 bridgehead atoms. The molecular formula is C22H23ClFN3O4S. The van der Waals surface area contributed by atoms with Gasteiger partial charge in [-0.2, -0.15) is 0 Å². The van der Waals surface area contributed by atoms with Gasteiger partial charge < -0.3 is 14.2 Å². The van der Waals surface area contributed by atoms with Crippen LogP contribution in [0.5, 0.6) is 11.5 Å². The molecule has 0 saturated carbocycles. The van der Waals surface area contributed by atoms with Crippen molar-refractivity contribution >= 4 is 45.0 Å². The summed E-state index contributed by atoms with van der Waals surface area (Å²) in [5, 5.41) is 0.491. The molecule has 1 aromatic heterocycles. The van der Waals surface area contributed by atoms with Gasteiger partial charge in [0.1, 0.15) is 11.3 Å². The van der Waals surface area contributed by atoms with Crippen LogP contribution in [0.3, 0.4) is 0 Å². The molecule has 0 aliphatic carbocycles. The average molecular weight is 480 g/mol. The van der Waals surface area contributed by atoms with Gasteiger partial charge in [0.15, 0.2) is 16.6 Å². The maximum absolute atomic E-state index is 14.2. The summed E-state index contributed by atoms with van der Waals surface area (Å²) < 4.78 is 31.1. The fourth-order valence-corrected chi connectivity index (χ4v) is 4.77. The number of hydrogen-bond acceptors (Lipinski definition) is 7. The molecule has 32 heavy (non-hydrogen) atoms. The van der Waals surface area contributed by atoms with Crippen molar-refractivity contribution < 1.29 is 23.4 Å². The molecule has 10 heteroatoms. The number of anilines is 1. The molecule has 1 amide bonds. The van der Waals surface area contributed by atoms with Gasteiger partial charge in [-0.3, -0.25) is 14.6 Å². The molecule has 1 fully saturated rings. The van der Waals surface area contributed by atoms with E-state index in [0.717, 1.165) is 39.3 Å². The van der Waals surface area contributed by atoms with Crippen molar-refractivity contribution in [1.82, 2.24) is 9.88 Å². The summed E-state index contributed by atoms with van der Waals surface area (Å²) in [7, 11) is 0. The van der Waals surface area contributed by atoms with E-state index in [1.54, 1.807) is 29.2 Å². The number of aromatic nitrogens is 1. The molecule has 0 atom stereocenters. The highest BCUT2D eigenvalue weighted by Crippen LogP contribution is 2.35. The van der Waals surface area contributed by atoms with Gasteiger partial charge in [-0.25, -0.2) is 9.37 Å². The Labute approximate surface area is 195 Å². The predicted molar refractivity (Wildman–Crippen MR) is 123 cm³/mol. The van der Waals surface area contributed by atoms with Crippen LogP contribution in [0.1, 0.15) is 16.8 Å². The van der Waals surface area contributed by atoms with Crippen molar-refractivity contribution in [3.8, 4) is 11.5 Å². The maximum Gasteiger partial charge on any atom is 0.260 e. The summed E-state index contributed by atoms with van der Waals surface area (Å²) >= 11 is 1.32. The Morgan fingerprint density at radius 1 is 1.16 bits per heavy atom. The van der Waals surface area contributed by atoms with Crippen molar-refractivity contribution in [2.45, 2.75) is 6.42 Å². The van der Waals surface area contributed by atoms with Crippen molar-refractivity contribution in [2.24, 2.45) is 0 Å². The number of nitrogens with zero attached hydrogens (tertiary/aromatic N) is 3. The SMILES string of the molecule is Cl.O=C(c1ccc2c(c1)OCO2)N(CCCN1CCOCC1)c1nc2c(F)cccc2s1. The first-order chi connectivity index (χ1) is 15.2. The lowest BCUT2D eigenvalue weighted by Crippen LogP contribution is -2.39. The summed E-state index contributed by atoms with van der Waals surface area (Å²) in [6, 6.07) is 10.00. The third kappa shape index (κ3) is 4.66. The van der Waals surface area contributed by atoms with Crippen LogP contribution in [0.2, 0.25) is 0 Å². The van der Waals surface area contributed by atoms with Gasteiger partial charge in [0.05, 0.1) is 17.9 Å². The number of amides is 1. The number of morpholine rings is 1. The van der Waals surface area contributed by atoms with Crippen LogP contribution in [0.15, 0.2) is 36.4 Å². The van der Waals surface area contributed by atoms with Crippen molar-refractivity contribution in [1.29, 1.82) is 0 Å². The summed E-state index contributed by atoms with van der Waals surface area (Å²) in [5.41, 5.74) is 0.773. The smallest absolute Gasteiger partial charge is 0.260 e. The minimum atomic E-state index is -0.385. The summed E-state index contributed by atoms with van der Waals surface area (Å²) in [4.78, 5) is 21.9. The Morgan fingerprint density at radius 3 is 2.78 bits per heavy atom. The normalized spacial score (nSPS) is 15.5. The Kier molecular flexibility index (Phi) is 7.10. The molecule has 2 aliphatic rings. The van der Waals surface area contributed by atoms with Gasteiger partial charge in [-0.05, 0) is 36.8 Å². The number of hydrogen-bond donors (Lipinski definition) is 0. The van der Waals surface area contributed by atoms with Crippen molar-refractivity contribution in [3.63, 3.8) is 0 Å². The molecule has 2 aromatic carbocycles. The van der Waals surface area contributed by atoms with Crippen molar-refractivity contribution in [2.75, 3.05) is 51.1 Å². The van der Waals surface area contributed by atoms with E-state index >= 15 is 0 Å². The molecule has 3 aromatic rings. The number of carbonyl (C=O) groups is 1. The molecular weight excluding hydrogens is 457 g/mol. The van der Waals surface area contributed by atoms with Gasteiger partial charge in [0.25, 0.3) is 5.91 Å². The first-order valence-electron chi connectivity index (χ1n) is 10.3. The fraction of sp³-hybridized carbons (Fsp3) is 0.364. The van der Waals surface area contributed by atoms with E-state index in [-0.39, 0.29) is 30.9 Å². The number of fused-ring (bicyclic) bond motifs is 2. The van der Waals surface area contributed by atoms with E-state index in [2.05, 4.69) is 9.88 Å². The molecule has 0 radical (unpaired) electrons. The monoisotopic (exact) mass is 479 g/mol. The van der Waals surface area contributed by atoms with Crippen LogP contribution in [-0.4, -0.2) is 62.0 Å². The number of para-hydroxylation sites is 1. The lowest BCUT2D eigenvalue weighted by atomic mass is 10.1. The Balaban J connectivity index is 0.00000245. The predicted octanol–water partition coefficient (Wildman–Crippen LogP) is 3.96. The Morgan fingerprint density at radius 2 is 1.97 bits per heavy atom. The topological polar surface area (TPSA) is 64.1 Å². The second-order valence-corrected chi connectivity index (χ2v) is 8.42. The van der Waals surface area contributed by atoms with E-state index in [0.29, 0.717) is 39.0 Å². The summed E-state index contributed by atoms with van der Waals surface area (Å²) in [5.74, 6) is 0.593. The van der Waals surface area contributed by atoms with Crippen LogP contribution in [-0.2, 0) is 4.74 Å². The Hall–Kier alpha value is -2.46. The minimum absolute atomic E-state index is 0. The zero-order valence-electron chi connectivity index (χ0n) is 17.3. The largest absolute Gasteiger partial charge is 0.454 e. The van der Waals surface area contributed by atoms with Crippen molar-refractivity contribution in [3.05, 3.63) is 47.8 Å². The van der Waals surface area contributed by atoms with E-state index in [1.165, 1.54) is 17.4 Å². The third-order valence-corrected chi connectivity index (χ3v) is 6.46. The molecule has 170 valence electrons. The van der Waals surface area contributed by atoms with Crippen LogP contribution in [0.4, 0.5) is 9.52 Å². The van der Waals surface area contributed by atoms with Crippen LogP contribution in [0.25, 0.3) is 10.2 Å². The molecule has 3 heterocycles. The molecule has 2 aliphatic heterocycles. The lowest BCUT2D eigenvalue weighted by molar-refractivity contribution is 0.0376. The first-order valence-corrected chi connectivity index (χ1v) is 11.1. The summed E-state index contributed by atoms with van der Waals surface area (Å²) in [6.45, 7) is 4.73. The number of ether oxygens (including phenoxy) is 3. The molecule has 1 saturated heterocycles. The van der Waals surface area contributed by atoms with Gasteiger partial charge >= 0.3 is 0 Å². The van der Waals surface area contributed by atoms with Gasteiger partial charge in [0.2, 0.25) is 6.79 Å². The number of halogens is 2. The highest BCUT2D eigenvalue weighted by molar-refractivity contribution is 7.22. The zero-order valence-corrected chi connectivity index (χ0v) is 18.9. The van der Waals surface area contributed by atoms with Crippen LogP contribution >= 0.6 is 23.7 Å². The molecule has 0 spiro atoms. The zero-order chi connectivity index (χ0) is 21.2. The van der Waals surface area contributed by atoms with E-state index in [9.17, 15) is 9.18 Å². The number of benzene rings is 2. The van der Waals surface area contributed by atoms with E-state index in [1.807, 2.05) is 6.07 Å². The molecule has 0 N–H and O–H groups in total. The highest BCUT2D eigenvalue weighted by atomic mass is 35.5. The van der Waals surface area contributed by atoms with Crippen LogP contribution < -0.4 is 14.4 Å². The van der Waals surface area contributed by atoms with E-state index in [4.69, 9.17) is 14.2 Å². The molecule has 0 unspecified atom stereocenters. The number of thiazole rings is 1. The van der Waals surface area contributed by atoms with Crippen LogP contribution in [0, 0.1) is 5.82 Å². The quantitative estimate of drug-likeness (QED) is 0.533. The van der Waals surface area contributed by atoms with Gasteiger partial charge in [-0.1, -0.05) is 17.4 Å². The minimum Gasteiger partial charge on any atom is -0.454 e. The first kappa shape index (κ1) is 22.7. The second-order valence-electron chi connectivity index (χ2n) is 7.42. The van der Waals surface area contributed by atoms with Gasteiger partial charge in [0, 0.05) is 31.7 Å². The fourth-order valence-electron chi connectivity index (χ4n) is 3.77. The van der Waals surface area contributed by atoms with E-state index < -0.39 is 0 Å². The van der Waals surface area contributed by atoms with Gasteiger partial charge in [-0.15, -0.1) is 12.4 Å². The number of rotatable bonds is 6.